The second-order valence-corrected chi connectivity index (χ2v) is 8.40. The van der Waals surface area contributed by atoms with Crippen molar-refractivity contribution in [1.29, 1.82) is 0 Å². The molecular formula is C17H19BrOS. The molecule has 2 rings (SSSR count). The summed E-state index contributed by atoms with van der Waals surface area (Å²) in [6, 6.07) is 13.9. The van der Waals surface area contributed by atoms with E-state index in [-0.39, 0.29) is 5.41 Å². The molecule has 0 heterocycles. The first kappa shape index (κ1) is 15.5. The van der Waals surface area contributed by atoms with Gasteiger partial charge >= 0.3 is 0 Å². The van der Waals surface area contributed by atoms with Crippen LogP contribution >= 0.6 is 15.9 Å². The molecular weight excluding hydrogens is 332 g/mol. The lowest BCUT2D eigenvalue weighted by atomic mass is 9.87. The number of hydrogen-bond donors (Lipinski definition) is 0. The highest BCUT2D eigenvalue weighted by Gasteiger charge is 2.17. The van der Waals surface area contributed by atoms with Crippen molar-refractivity contribution in [2.45, 2.75) is 42.9 Å². The van der Waals surface area contributed by atoms with Gasteiger partial charge in [-0.15, -0.1) is 0 Å². The largest absolute Gasteiger partial charge is 0.249 e. The van der Waals surface area contributed by atoms with E-state index >= 15 is 0 Å². The van der Waals surface area contributed by atoms with Crippen LogP contribution in [0.4, 0.5) is 0 Å². The quantitative estimate of drug-likeness (QED) is 0.725. The summed E-state index contributed by atoms with van der Waals surface area (Å²) in [5, 5.41) is 0. The maximum Gasteiger partial charge on any atom is 0.0850 e. The Bertz CT molecular complexity index is 639. The Morgan fingerprint density at radius 2 is 1.55 bits per heavy atom. The molecule has 20 heavy (non-hydrogen) atoms. The number of halogens is 1. The van der Waals surface area contributed by atoms with Gasteiger partial charge in [-0.1, -0.05) is 54.4 Å². The third kappa shape index (κ3) is 3.58. The van der Waals surface area contributed by atoms with Crippen molar-refractivity contribution >= 4 is 26.7 Å². The van der Waals surface area contributed by atoms with Gasteiger partial charge in [0.2, 0.25) is 0 Å². The minimum absolute atomic E-state index is 0.0377. The molecule has 2 aromatic carbocycles. The second-order valence-electron chi connectivity index (χ2n) is 6.01. The summed E-state index contributed by atoms with van der Waals surface area (Å²) < 4.78 is 13.7. The molecule has 0 unspecified atom stereocenters. The van der Waals surface area contributed by atoms with Gasteiger partial charge < -0.3 is 0 Å². The molecule has 3 heteroatoms. The molecule has 0 bridgehead atoms. The van der Waals surface area contributed by atoms with Crippen LogP contribution in [0.5, 0.6) is 0 Å². The van der Waals surface area contributed by atoms with E-state index in [0.717, 1.165) is 14.3 Å². The summed E-state index contributed by atoms with van der Waals surface area (Å²) in [5.41, 5.74) is 2.40. The maximum absolute atomic E-state index is 12.7. The predicted molar refractivity (Wildman–Crippen MR) is 88.7 cm³/mol. The van der Waals surface area contributed by atoms with E-state index in [1.165, 1.54) is 11.1 Å². The molecule has 106 valence electrons. The zero-order chi connectivity index (χ0) is 14.9. The fraction of sp³-hybridized carbons (Fsp3) is 0.294. The van der Waals surface area contributed by atoms with Crippen LogP contribution in [0, 0.1) is 6.92 Å². The van der Waals surface area contributed by atoms with E-state index in [4.69, 9.17) is 0 Å². The Hall–Kier alpha value is -0.930. The number of hydrogen-bond acceptors (Lipinski definition) is 1. The van der Waals surface area contributed by atoms with Crippen LogP contribution in [0.15, 0.2) is 56.7 Å². The van der Waals surface area contributed by atoms with Gasteiger partial charge in [-0.05, 0) is 48.2 Å². The van der Waals surface area contributed by atoms with E-state index in [9.17, 15) is 4.21 Å². The number of rotatable bonds is 2. The van der Waals surface area contributed by atoms with Gasteiger partial charge in [-0.2, -0.15) is 0 Å². The van der Waals surface area contributed by atoms with Crippen molar-refractivity contribution in [2.24, 2.45) is 0 Å². The average molecular weight is 351 g/mol. The Morgan fingerprint density at radius 1 is 0.950 bits per heavy atom. The molecule has 2 aromatic rings. The zero-order valence-electron chi connectivity index (χ0n) is 12.2. The smallest absolute Gasteiger partial charge is 0.0850 e. The highest BCUT2D eigenvalue weighted by molar-refractivity contribution is 9.10. The first-order valence-corrected chi connectivity index (χ1v) is 8.51. The van der Waals surface area contributed by atoms with Gasteiger partial charge in [-0.3, -0.25) is 0 Å². The summed E-state index contributed by atoms with van der Waals surface area (Å²) in [4.78, 5) is 1.68. The highest BCUT2D eigenvalue weighted by atomic mass is 79.9. The Kier molecular flexibility index (Phi) is 4.50. The minimum atomic E-state index is -1.14. The van der Waals surface area contributed by atoms with Crippen molar-refractivity contribution in [3.05, 3.63) is 58.1 Å². The molecule has 1 atom stereocenters. The van der Waals surface area contributed by atoms with Crippen LogP contribution < -0.4 is 0 Å². The fourth-order valence-corrected chi connectivity index (χ4v) is 3.67. The summed E-state index contributed by atoms with van der Waals surface area (Å²) in [6.07, 6.45) is 0. The summed E-state index contributed by atoms with van der Waals surface area (Å²) in [5.74, 6) is 0. The Morgan fingerprint density at radius 3 is 2.10 bits per heavy atom. The third-order valence-electron chi connectivity index (χ3n) is 3.19. The predicted octanol–water partition coefficient (Wildman–Crippen LogP) is 5.22. The molecule has 0 N–H and O–H groups in total. The molecule has 0 aliphatic rings. The van der Waals surface area contributed by atoms with E-state index in [2.05, 4.69) is 42.8 Å². The summed E-state index contributed by atoms with van der Waals surface area (Å²) >= 11 is 3.52. The Balaban J connectivity index is 2.45. The topological polar surface area (TPSA) is 17.1 Å². The fourth-order valence-electron chi connectivity index (χ4n) is 1.90. The van der Waals surface area contributed by atoms with Gasteiger partial charge in [0.05, 0.1) is 10.8 Å². The lowest BCUT2D eigenvalue weighted by Crippen LogP contribution is -2.11. The summed E-state index contributed by atoms with van der Waals surface area (Å²) in [7, 11) is -1.14. The maximum atomic E-state index is 12.7. The summed E-state index contributed by atoms with van der Waals surface area (Å²) in [6.45, 7) is 8.51. The van der Waals surface area contributed by atoms with Gasteiger partial charge in [0.25, 0.3) is 0 Å². The van der Waals surface area contributed by atoms with Gasteiger partial charge in [-0.25, -0.2) is 4.21 Å². The molecule has 0 radical (unpaired) electrons. The molecule has 0 amide bonds. The molecule has 0 aliphatic carbocycles. The van der Waals surface area contributed by atoms with E-state index in [1.807, 2.05) is 43.3 Å². The van der Waals surface area contributed by atoms with E-state index < -0.39 is 10.8 Å². The van der Waals surface area contributed by atoms with Gasteiger partial charge in [0, 0.05) is 14.3 Å². The molecule has 0 aromatic heterocycles. The van der Waals surface area contributed by atoms with Crippen molar-refractivity contribution in [1.82, 2.24) is 0 Å². The van der Waals surface area contributed by atoms with Crippen LogP contribution in [0.1, 0.15) is 31.9 Å². The van der Waals surface area contributed by atoms with E-state index in [0.29, 0.717) is 0 Å². The van der Waals surface area contributed by atoms with Crippen molar-refractivity contribution in [3.8, 4) is 0 Å². The molecule has 0 aliphatic heterocycles. The molecule has 0 saturated carbocycles. The van der Waals surface area contributed by atoms with Crippen molar-refractivity contribution in [2.75, 3.05) is 0 Å². The average Bonchev–Trinajstić information content (AvgIpc) is 2.37. The van der Waals surface area contributed by atoms with Gasteiger partial charge in [0.15, 0.2) is 0 Å². The lowest BCUT2D eigenvalue weighted by Gasteiger charge is -2.20. The molecule has 1 nitrogen and oxygen atoms in total. The highest BCUT2D eigenvalue weighted by Crippen LogP contribution is 2.29. The number of aryl methyl sites for hydroxylation is 1. The zero-order valence-corrected chi connectivity index (χ0v) is 14.6. The first-order chi connectivity index (χ1) is 9.27. The molecule has 0 spiro atoms. The molecule has 0 fully saturated rings. The second kappa shape index (κ2) is 5.82. The van der Waals surface area contributed by atoms with Crippen molar-refractivity contribution < 1.29 is 4.21 Å². The van der Waals surface area contributed by atoms with Crippen LogP contribution in [0.2, 0.25) is 0 Å². The first-order valence-electron chi connectivity index (χ1n) is 6.57. The van der Waals surface area contributed by atoms with E-state index in [1.54, 1.807) is 0 Å². The van der Waals surface area contributed by atoms with Crippen LogP contribution in [0.25, 0.3) is 0 Å². The molecule has 0 saturated heterocycles. The van der Waals surface area contributed by atoms with Gasteiger partial charge in [0.1, 0.15) is 0 Å². The van der Waals surface area contributed by atoms with Crippen LogP contribution in [-0.4, -0.2) is 4.21 Å². The SMILES string of the molecule is Cc1ccc([S@](=O)c2cc(Br)cc(C(C)(C)C)c2)cc1. The normalized spacial score (nSPS) is 13.2. The standard InChI is InChI=1S/C17H19BrOS/c1-12-5-7-15(8-6-12)20(19)16-10-13(17(2,3)4)9-14(18)11-16/h5-11H,1-4H3/t20-/m0/s1. The lowest BCUT2D eigenvalue weighted by molar-refractivity contribution is 0.588. The third-order valence-corrected chi connectivity index (χ3v) is 5.01. The van der Waals surface area contributed by atoms with Crippen LogP contribution in [-0.2, 0) is 16.2 Å². The minimum Gasteiger partial charge on any atom is -0.249 e. The number of benzene rings is 2. The van der Waals surface area contributed by atoms with Crippen molar-refractivity contribution in [3.63, 3.8) is 0 Å². The Labute approximate surface area is 132 Å². The van der Waals surface area contributed by atoms with Crippen LogP contribution in [0.3, 0.4) is 0 Å². The monoisotopic (exact) mass is 350 g/mol.